The molecule has 0 aliphatic heterocycles. The SMILES string of the molecule is CC/C=C\C/C=C\C/C=C\C/C=C\C/C=C\C/C=C\C/C=C\C/C=C\CCCCCCCCC(=O)OCC(COC(=O)CCCC/C=C\C/C=C\C/C=C\C/C=C\CC)OC(=O)CCCCCCC/C=C\CCCCCCCCC. The zero-order valence-electron chi connectivity index (χ0n) is 51.5. The second-order valence-electron chi connectivity index (χ2n) is 20.9. The molecule has 0 saturated carbocycles. The van der Waals surface area contributed by atoms with Crippen LogP contribution in [0.15, 0.2) is 158 Å². The lowest BCUT2D eigenvalue weighted by molar-refractivity contribution is -0.167. The Kier molecular flexibility index (Phi) is 62.4. The Morgan fingerprint density at radius 3 is 0.800 bits per heavy atom. The monoisotopic (exact) mass is 1100 g/mol. The number of ether oxygens (including phenoxy) is 3. The second kappa shape index (κ2) is 66.5. The number of unbranched alkanes of at least 4 members (excludes halogenated alkanes) is 20. The van der Waals surface area contributed by atoms with Gasteiger partial charge in [0.15, 0.2) is 6.10 Å². The number of hydrogen-bond donors (Lipinski definition) is 0. The van der Waals surface area contributed by atoms with Crippen molar-refractivity contribution in [2.75, 3.05) is 13.2 Å². The average Bonchev–Trinajstić information content (AvgIpc) is 3.46. The molecule has 1 atom stereocenters. The number of allylic oxidation sites excluding steroid dienone is 26. The van der Waals surface area contributed by atoms with Crippen molar-refractivity contribution in [1.29, 1.82) is 0 Å². The lowest BCUT2D eigenvalue weighted by Crippen LogP contribution is -2.30. The number of esters is 3. The summed E-state index contributed by atoms with van der Waals surface area (Å²) in [5.74, 6) is -0.975. The van der Waals surface area contributed by atoms with Crippen molar-refractivity contribution in [3.05, 3.63) is 158 Å². The molecule has 0 spiro atoms. The molecular weight excluding hydrogens is 985 g/mol. The van der Waals surface area contributed by atoms with Crippen LogP contribution in [-0.2, 0) is 28.6 Å². The Balaban J connectivity index is 4.41. The third kappa shape index (κ3) is 63.9. The fourth-order valence-electron chi connectivity index (χ4n) is 8.44. The average molecular weight is 1100 g/mol. The predicted octanol–water partition coefficient (Wildman–Crippen LogP) is 22.5. The van der Waals surface area contributed by atoms with Gasteiger partial charge in [-0.05, 0) is 148 Å². The third-order valence-corrected chi connectivity index (χ3v) is 13.2. The Labute approximate surface area is 492 Å². The summed E-state index contributed by atoms with van der Waals surface area (Å²) in [5.41, 5.74) is 0. The highest BCUT2D eigenvalue weighted by Crippen LogP contribution is 2.14. The van der Waals surface area contributed by atoms with E-state index in [1.165, 1.54) is 70.6 Å². The largest absolute Gasteiger partial charge is 0.462 e. The fraction of sp³-hybridized carbons (Fsp3) is 0.608. The first-order valence-corrected chi connectivity index (χ1v) is 32.5. The molecule has 0 aliphatic carbocycles. The highest BCUT2D eigenvalue weighted by atomic mass is 16.6. The molecule has 0 bridgehead atoms. The summed E-state index contributed by atoms with van der Waals surface area (Å²) in [6, 6.07) is 0. The standard InChI is InChI=1S/C74H118O6/c1-4-7-10-13-16-19-22-25-28-30-31-32-33-34-35-36-37-38-39-40-41-42-43-44-47-49-52-55-58-61-64-67-73(76)79-70-71(69-78-72(75)66-63-60-57-54-51-48-45-27-24-21-18-15-12-9-6-3)80-74(77)68-65-62-59-56-53-50-46-29-26-23-20-17-14-11-8-5-2/h7,9-10,12,16,18-19,21,25,27-29,31-32,34-35,37-38,40-41,43-46,51,54,71H,4-6,8,11,13-15,17,20,22-24,26,30,33,36,39,42,47-50,52-53,55-70H2,1-3H3/b10-7-,12-9-,19-16-,21-18-,28-25-,32-31-,35-34-,38-37-,41-40-,44-43-,45-27-,46-29-,54-51-. The van der Waals surface area contributed by atoms with E-state index in [9.17, 15) is 14.4 Å². The molecule has 80 heavy (non-hydrogen) atoms. The number of hydrogen-bond acceptors (Lipinski definition) is 6. The summed E-state index contributed by atoms with van der Waals surface area (Å²) < 4.78 is 16.9. The molecule has 0 aliphatic rings. The van der Waals surface area contributed by atoms with E-state index in [1.807, 2.05) is 0 Å². The highest BCUT2D eigenvalue weighted by Gasteiger charge is 2.19. The van der Waals surface area contributed by atoms with E-state index in [0.29, 0.717) is 25.7 Å². The maximum absolute atomic E-state index is 12.9. The lowest BCUT2D eigenvalue weighted by Gasteiger charge is -2.18. The van der Waals surface area contributed by atoms with Crippen molar-refractivity contribution in [3.63, 3.8) is 0 Å². The predicted molar refractivity (Wildman–Crippen MR) is 348 cm³/mol. The summed E-state index contributed by atoms with van der Waals surface area (Å²) in [7, 11) is 0. The molecule has 1 unspecified atom stereocenters. The summed E-state index contributed by atoms with van der Waals surface area (Å²) in [4.78, 5) is 38.3. The molecule has 0 aromatic rings. The van der Waals surface area contributed by atoms with Crippen molar-refractivity contribution < 1.29 is 28.6 Å². The molecule has 6 nitrogen and oxygen atoms in total. The van der Waals surface area contributed by atoms with Gasteiger partial charge in [-0.2, -0.15) is 0 Å². The van der Waals surface area contributed by atoms with Crippen LogP contribution in [0.2, 0.25) is 0 Å². The van der Waals surface area contributed by atoms with Gasteiger partial charge < -0.3 is 14.2 Å². The Morgan fingerprint density at radius 2 is 0.487 bits per heavy atom. The van der Waals surface area contributed by atoms with Gasteiger partial charge in [-0.1, -0.05) is 262 Å². The molecule has 0 aromatic carbocycles. The third-order valence-electron chi connectivity index (χ3n) is 13.2. The normalized spacial score (nSPS) is 13.2. The zero-order chi connectivity index (χ0) is 57.8. The molecule has 450 valence electrons. The smallest absolute Gasteiger partial charge is 0.306 e. The van der Waals surface area contributed by atoms with E-state index in [2.05, 4.69) is 179 Å². The van der Waals surface area contributed by atoms with Crippen LogP contribution in [0.25, 0.3) is 0 Å². The van der Waals surface area contributed by atoms with Crippen molar-refractivity contribution in [2.24, 2.45) is 0 Å². The van der Waals surface area contributed by atoms with Gasteiger partial charge in [0.25, 0.3) is 0 Å². The quantitative estimate of drug-likeness (QED) is 0.0261. The minimum Gasteiger partial charge on any atom is -0.462 e. The van der Waals surface area contributed by atoms with E-state index in [0.717, 1.165) is 154 Å². The van der Waals surface area contributed by atoms with Crippen LogP contribution in [0.1, 0.15) is 271 Å². The van der Waals surface area contributed by atoms with Gasteiger partial charge in [-0.25, -0.2) is 0 Å². The maximum Gasteiger partial charge on any atom is 0.306 e. The van der Waals surface area contributed by atoms with Gasteiger partial charge in [0.05, 0.1) is 0 Å². The zero-order valence-corrected chi connectivity index (χ0v) is 51.5. The van der Waals surface area contributed by atoms with Gasteiger partial charge >= 0.3 is 17.9 Å². The minimum absolute atomic E-state index is 0.108. The molecule has 0 saturated heterocycles. The number of carbonyl (C=O) groups excluding carboxylic acids is 3. The maximum atomic E-state index is 12.9. The first-order valence-electron chi connectivity index (χ1n) is 32.5. The van der Waals surface area contributed by atoms with E-state index in [1.54, 1.807) is 0 Å². The second-order valence-corrected chi connectivity index (χ2v) is 20.9. The molecule has 0 radical (unpaired) electrons. The van der Waals surface area contributed by atoms with Crippen LogP contribution in [0, 0.1) is 0 Å². The molecule has 6 heteroatoms. The Hall–Kier alpha value is -4.97. The van der Waals surface area contributed by atoms with Crippen molar-refractivity contribution in [3.8, 4) is 0 Å². The van der Waals surface area contributed by atoms with E-state index in [-0.39, 0.29) is 31.1 Å². The molecule has 0 fully saturated rings. The topological polar surface area (TPSA) is 78.9 Å². The molecule has 0 amide bonds. The van der Waals surface area contributed by atoms with Crippen LogP contribution in [0.3, 0.4) is 0 Å². The van der Waals surface area contributed by atoms with E-state index >= 15 is 0 Å². The van der Waals surface area contributed by atoms with Crippen molar-refractivity contribution in [1.82, 2.24) is 0 Å². The van der Waals surface area contributed by atoms with Gasteiger partial charge in [0, 0.05) is 19.3 Å². The molecule has 0 rings (SSSR count). The van der Waals surface area contributed by atoms with Crippen LogP contribution in [0.5, 0.6) is 0 Å². The molecule has 0 heterocycles. The highest BCUT2D eigenvalue weighted by molar-refractivity contribution is 5.71. The first kappa shape index (κ1) is 75.0. The van der Waals surface area contributed by atoms with Crippen molar-refractivity contribution in [2.45, 2.75) is 277 Å². The summed E-state index contributed by atoms with van der Waals surface area (Å²) in [5, 5.41) is 0. The number of rotatable bonds is 57. The van der Waals surface area contributed by atoms with Gasteiger partial charge in [-0.15, -0.1) is 0 Å². The lowest BCUT2D eigenvalue weighted by atomic mass is 10.1. The van der Waals surface area contributed by atoms with E-state index in [4.69, 9.17) is 14.2 Å². The minimum atomic E-state index is -0.814. The summed E-state index contributed by atoms with van der Waals surface area (Å²) in [6.07, 6.45) is 96.8. The molecular formula is C74H118O6. The molecule has 0 aromatic heterocycles. The van der Waals surface area contributed by atoms with E-state index < -0.39 is 6.10 Å². The first-order chi connectivity index (χ1) is 39.5. The Bertz CT molecular complexity index is 1790. The summed E-state index contributed by atoms with van der Waals surface area (Å²) >= 11 is 0. The fourth-order valence-corrected chi connectivity index (χ4v) is 8.44. The van der Waals surface area contributed by atoms with Gasteiger partial charge in [0.2, 0.25) is 0 Å². The van der Waals surface area contributed by atoms with Crippen LogP contribution in [-0.4, -0.2) is 37.2 Å². The Morgan fingerprint density at radius 1 is 0.263 bits per heavy atom. The summed E-state index contributed by atoms with van der Waals surface area (Å²) in [6.45, 7) is 6.35. The van der Waals surface area contributed by atoms with Crippen LogP contribution < -0.4 is 0 Å². The van der Waals surface area contributed by atoms with Gasteiger partial charge in [0.1, 0.15) is 13.2 Å². The van der Waals surface area contributed by atoms with Crippen molar-refractivity contribution >= 4 is 17.9 Å². The number of carbonyl (C=O) groups is 3. The molecule has 0 N–H and O–H groups in total. The van der Waals surface area contributed by atoms with Crippen LogP contribution in [0.4, 0.5) is 0 Å². The van der Waals surface area contributed by atoms with Crippen LogP contribution >= 0.6 is 0 Å². The van der Waals surface area contributed by atoms with Gasteiger partial charge in [-0.3, -0.25) is 14.4 Å².